The summed E-state index contributed by atoms with van der Waals surface area (Å²) >= 11 is 0. The first kappa shape index (κ1) is 17.6. The molecule has 2 saturated carbocycles. The predicted molar refractivity (Wildman–Crippen MR) is 90.7 cm³/mol. The number of rotatable bonds is 0. The van der Waals surface area contributed by atoms with Crippen molar-refractivity contribution in [2.45, 2.75) is 51.6 Å². The van der Waals surface area contributed by atoms with Crippen LogP contribution in [0.25, 0.3) is 0 Å². The van der Waals surface area contributed by atoms with Crippen LogP contribution < -0.4 is 0 Å². The second-order valence-electron chi connectivity index (χ2n) is 8.50. The summed E-state index contributed by atoms with van der Waals surface area (Å²) in [5.41, 5.74) is -0.131. The number of esters is 3. The Kier molecular flexibility index (Phi) is 4.53. The molecule has 142 valence electrons. The molecule has 1 heterocycles. The molecule has 0 aromatic carbocycles. The van der Waals surface area contributed by atoms with Gasteiger partial charge in [-0.1, -0.05) is 19.1 Å². The van der Waals surface area contributed by atoms with Crippen molar-refractivity contribution in [3.8, 4) is 0 Å². The van der Waals surface area contributed by atoms with Crippen molar-refractivity contribution in [2.24, 2.45) is 29.1 Å². The van der Waals surface area contributed by atoms with E-state index in [9.17, 15) is 14.4 Å². The molecular formula is C20H26O6. The van der Waals surface area contributed by atoms with Gasteiger partial charge in [0.05, 0.1) is 25.0 Å². The number of fused-ring (bicyclic) bond motifs is 2. The standard InChI is InChI=1S/C20H26O6/c1-20-10-12-8-15(20)16(9-12)26-19(23)14-6-5-13(14)18(22)24-7-3-2-4-17(21)25-11-20/h5-6,12-16H,2-4,7-11H2,1H3/t12-,13+,14-,15+,16+,20-/m0/s1. The number of carbonyl (C=O) groups excluding carboxylic acids is 3. The second-order valence-corrected chi connectivity index (χ2v) is 8.50. The van der Waals surface area contributed by atoms with Crippen molar-refractivity contribution < 1.29 is 28.6 Å². The monoisotopic (exact) mass is 362 g/mol. The zero-order valence-electron chi connectivity index (χ0n) is 15.1. The molecule has 0 amide bonds. The Morgan fingerprint density at radius 2 is 1.77 bits per heavy atom. The fourth-order valence-electron chi connectivity index (χ4n) is 5.08. The average molecular weight is 362 g/mol. The maximum atomic E-state index is 12.6. The third-order valence-corrected chi connectivity index (χ3v) is 6.56. The van der Waals surface area contributed by atoms with Gasteiger partial charge in [0.15, 0.2) is 0 Å². The minimum absolute atomic E-state index is 0.131. The molecule has 0 radical (unpaired) electrons. The Morgan fingerprint density at radius 3 is 2.50 bits per heavy atom. The maximum absolute atomic E-state index is 12.6. The highest BCUT2D eigenvalue weighted by Crippen LogP contribution is 2.57. The highest BCUT2D eigenvalue weighted by molar-refractivity contribution is 5.87. The minimum atomic E-state index is -0.537. The van der Waals surface area contributed by atoms with Crippen LogP contribution in [0.1, 0.15) is 45.4 Å². The van der Waals surface area contributed by atoms with Crippen molar-refractivity contribution in [3.63, 3.8) is 0 Å². The lowest BCUT2D eigenvalue weighted by Crippen LogP contribution is -2.42. The molecule has 3 fully saturated rings. The van der Waals surface area contributed by atoms with Crippen LogP contribution >= 0.6 is 0 Å². The van der Waals surface area contributed by atoms with Gasteiger partial charge in [-0.25, -0.2) is 0 Å². The van der Waals surface area contributed by atoms with Gasteiger partial charge in [-0.2, -0.15) is 0 Å². The first-order chi connectivity index (χ1) is 12.5. The summed E-state index contributed by atoms with van der Waals surface area (Å²) < 4.78 is 16.6. The molecule has 6 nitrogen and oxygen atoms in total. The van der Waals surface area contributed by atoms with Crippen LogP contribution in [0.3, 0.4) is 0 Å². The molecule has 0 N–H and O–H groups in total. The summed E-state index contributed by atoms with van der Waals surface area (Å²) in [6, 6.07) is 0. The Labute approximate surface area is 153 Å². The molecular weight excluding hydrogens is 336 g/mol. The molecule has 3 aliphatic carbocycles. The van der Waals surface area contributed by atoms with E-state index in [1.165, 1.54) is 0 Å². The number of cyclic esters (lactones) is 2. The molecule has 26 heavy (non-hydrogen) atoms. The Hall–Kier alpha value is -1.85. The van der Waals surface area contributed by atoms with E-state index in [0.717, 1.165) is 19.3 Å². The van der Waals surface area contributed by atoms with Gasteiger partial charge < -0.3 is 14.2 Å². The van der Waals surface area contributed by atoms with Gasteiger partial charge in [0.2, 0.25) is 0 Å². The molecule has 4 aliphatic rings. The maximum Gasteiger partial charge on any atom is 0.314 e. The summed E-state index contributed by atoms with van der Waals surface area (Å²) in [5, 5.41) is 0. The molecule has 0 aromatic heterocycles. The SMILES string of the molecule is C[C@]12COC(=O)CCCCOC(=O)[C@@H]3C=C[C@@H]3C(=O)O[C@@H]3C[C@H](C[C@H]31)C2. The zero-order valence-corrected chi connectivity index (χ0v) is 15.1. The van der Waals surface area contributed by atoms with Gasteiger partial charge in [0, 0.05) is 17.8 Å². The molecule has 6 heteroatoms. The van der Waals surface area contributed by atoms with Gasteiger partial charge in [0.1, 0.15) is 6.10 Å². The van der Waals surface area contributed by atoms with E-state index in [0.29, 0.717) is 31.8 Å². The van der Waals surface area contributed by atoms with Gasteiger partial charge in [-0.3, -0.25) is 14.4 Å². The minimum Gasteiger partial charge on any atom is -0.465 e. The molecule has 1 aliphatic heterocycles. The Morgan fingerprint density at radius 1 is 1.00 bits per heavy atom. The summed E-state index contributed by atoms with van der Waals surface area (Å²) in [6.07, 6.45) is 7.75. The van der Waals surface area contributed by atoms with Gasteiger partial charge in [-0.15, -0.1) is 0 Å². The highest BCUT2D eigenvalue weighted by atomic mass is 16.6. The van der Waals surface area contributed by atoms with Gasteiger partial charge in [0.25, 0.3) is 0 Å². The largest absolute Gasteiger partial charge is 0.465 e. The number of ether oxygens (including phenoxy) is 3. The van der Waals surface area contributed by atoms with E-state index in [1.54, 1.807) is 12.2 Å². The smallest absolute Gasteiger partial charge is 0.314 e. The van der Waals surface area contributed by atoms with Crippen LogP contribution in [0.15, 0.2) is 12.2 Å². The van der Waals surface area contributed by atoms with E-state index in [2.05, 4.69) is 6.92 Å². The molecule has 0 aromatic rings. The van der Waals surface area contributed by atoms with Gasteiger partial charge >= 0.3 is 17.9 Å². The van der Waals surface area contributed by atoms with E-state index in [-0.39, 0.29) is 42.0 Å². The molecule has 0 unspecified atom stereocenters. The van der Waals surface area contributed by atoms with E-state index in [1.807, 2.05) is 0 Å². The van der Waals surface area contributed by atoms with E-state index < -0.39 is 11.8 Å². The van der Waals surface area contributed by atoms with Crippen LogP contribution in [0.4, 0.5) is 0 Å². The lowest BCUT2D eigenvalue weighted by Gasteiger charge is -2.38. The molecule has 2 bridgehead atoms. The van der Waals surface area contributed by atoms with Crippen molar-refractivity contribution in [1.29, 1.82) is 0 Å². The fourth-order valence-corrected chi connectivity index (χ4v) is 5.08. The second kappa shape index (κ2) is 6.71. The van der Waals surface area contributed by atoms with E-state index >= 15 is 0 Å². The number of hydrogen-bond acceptors (Lipinski definition) is 6. The van der Waals surface area contributed by atoms with Crippen molar-refractivity contribution >= 4 is 17.9 Å². The lowest BCUT2D eigenvalue weighted by molar-refractivity contribution is -0.168. The molecule has 6 atom stereocenters. The number of hydrogen-bond donors (Lipinski definition) is 0. The number of carbonyl (C=O) groups is 3. The van der Waals surface area contributed by atoms with Crippen LogP contribution in [0.5, 0.6) is 0 Å². The van der Waals surface area contributed by atoms with Crippen LogP contribution in [0.2, 0.25) is 0 Å². The zero-order chi connectivity index (χ0) is 18.3. The highest BCUT2D eigenvalue weighted by Gasteiger charge is 2.55. The average Bonchev–Trinajstić information content (AvgIpc) is 3.07. The topological polar surface area (TPSA) is 78.9 Å². The Bertz CT molecular complexity index is 640. The summed E-state index contributed by atoms with van der Waals surface area (Å²) in [5.74, 6) is -1.27. The van der Waals surface area contributed by atoms with Gasteiger partial charge in [-0.05, 0) is 38.0 Å². The molecule has 4 rings (SSSR count). The third-order valence-electron chi connectivity index (χ3n) is 6.56. The normalized spacial score (nSPS) is 43.1. The summed E-state index contributed by atoms with van der Waals surface area (Å²) in [4.78, 5) is 36.7. The van der Waals surface area contributed by atoms with Crippen LogP contribution in [-0.2, 0) is 28.6 Å². The van der Waals surface area contributed by atoms with Crippen LogP contribution in [-0.4, -0.2) is 37.2 Å². The molecule has 1 saturated heterocycles. The lowest BCUT2D eigenvalue weighted by atomic mass is 9.74. The van der Waals surface area contributed by atoms with Crippen LogP contribution in [0, 0.1) is 29.1 Å². The van der Waals surface area contributed by atoms with Crippen molar-refractivity contribution in [2.75, 3.05) is 13.2 Å². The van der Waals surface area contributed by atoms with Crippen molar-refractivity contribution in [1.82, 2.24) is 0 Å². The summed E-state index contributed by atoms with van der Waals surface area (Å²) in [7, 11) is 0. The summed E-state index contributed by atoms with van der Waals surface area (Å²) in [6.45, 7) is 2.78. The molecule has 0 spiro atoms. The Balaban J connectivity index is 1.49. The van der Waals surface area contributed by atoms with E-state index in [4.69, 9.17) is 14.2 Å². The predicted octanol–water partition coefficient (Wildman–Crippen LogP) is 2.41. The third kappa shape index (κ3) is 3.14. The van der Waals surface area contributed by atoms with Crippen molar-refractivity contribution in [3.05, 3.63) is 12.2 Å². The quantitative estimate of drug-likeness (QED) is 0.374. The first-order valence-corrected chi connectivity index (χ1v) is 9.67. The first-order valence-electron chi connectivity index (χ1n) is 9.67. The fraction of sp³-hybridized carbons (Fsp3) is 0.750.